The minimum atomic E-state index is 0.00427. The Hall–Kier alpha value is -7.56. The molecule has 2 aromatic heterocycles. The first-order valence-corrected chi connectivity index (χ1v) is 20.5. The SMILES string of the molecule is C1=CC(c2ccccc2)Cc2c1n(-c1ccc3c(c1)oc1cccc(-c4ccc(N5c6ccccc6NC5c5ccccc5)cc4)c13)c1ccc(-c3ccccc3)cc21. The van der Waals surface area contributed by atoms with Crippen molar-refractivity contribution in [3.05, 3.63) is 223 Å². The van der Waals surface area contributed by atoms with Crippen molar-refractivity contribution < 1.29 is 4.42 Å². The van der Waals surface area contributed by atoms with Crippen LogP contribution in [0.25, 0.3) is 66.9 Å². The highest BCUT2D eigenvalue weighted by Crippen LogP contribution is 2.47. The molecule has 0 spiro atoms. The van der Waals surface area contributed by atoms with Crippen molar-refractivity contribution in [3.8, 4) is 27.9 Å². The summed E-state index contributed by atoms with van der Waals surface area (Å²) < 4.78 is 9.15. The van der Waals surface area contributed by atoms with Gasteiger partial charge >= 0.3 is 0 Å². The summed E-state index contributed by atoms with van der Waals surface area (Å²) in [6.07, 6.45) is 5.66. The Morgan fingerprint density at radius 2 is 1.24 bits per heavy atom. The van der Waals surface area contributed by atoms with Gasteiger partial charge in [0.05, 0.1) is 16.9 Å². The van der Waals surface area contributed by atoms with Crippen LogP contribution in [0, 0.1) is 0 Å². The summed E-state index contributed by atoms with van der Waals surface area (Å²) in [5.74, 6) is 0.321. The zero-order valence-electron chi connectivity index (χ0n) is 32.3. The molecular weight excluding hydrogens is 719 g/mol. The summed E-state index contributed by atoms with van der Waals surface area (Å²) in [6, 6.07) is 69.9. The van der Waals surface area contributed by atoms with Gasteiger partial charge in [0.1, 0.15) is 17.3 Å². The molecule has 0 saturated heterocycles. The van der Waals surface area contributed by atoms with Crippen LogP contribution in [0.3, 0.4) is 0 Å². The third-order valence-corrected chi connectivity index (χ3v) is 12.4. The number of fused-ring (bicyclic) bond motifs is 7. The van der Waals surface area contributed by atoms with Crippen LogP contribution in [0.4, 0.5) is 17.1 Å². The number of allylic oxidation sites excluding steroid dienone is 1. The number of nitrogens with one attached hydrogen (secondary N) is 1. The molecule has 0 amide bonds. The molecule has 1 aliphatic carbocycles. The predicted molar refractivity (Wildman–Crippen MR) is 245 cm³/mol. The highest BCUT2D eigenvalue weighted by Gasteiger charge is 2.31. The molecule has 0 radical (unpaired) electrons. The summed E-state index contributed by atoms with van der Waals surface area (Å²) in [7, 11) is 0. The summed E-state index contributed by atoms with van der Waals surface area (Å²) in [5.41, 5.74) is 17.5. The molecule has 2 unspecified atom stereocenters. The van der Waals surface area contributed by atoms with Gasteiger partial charge in [0.15, 0.2) is 0 Å². The Kier molecular flexibility index (Phi) is 7.70. The Morgan fingerprint density at radius 3 is 2.05 bits per heavy atom. The molecule has 0 bridgehead atoms. The standard InChI is InChI=1S/C55H39N3O/c1-4-13-36(14-5-1)40-25-31-49-46(33-40)47-34-41(37-15-6-2-7-16-37)26-32-50(47)57(49)43-29-30-45-53(35-43)59-52-22-12-19-44(54(45)52)38-23-27-42(28-24-38)58-51-21-11-10-20-48(51)56-55(58)39-17-8-3-9-18-39/h1-33,35,41,55-56H,34H2. The van der Waals surface area contributed by atoms with Crippen LogP contribution in [0.2, 0.25) is 0 Å². The van der Waals surface area contributed by atoms with Crippen LogP contribution in [0.1, 0.15) is 34.5 Å². The summed E-state index contributed by atoms with van der Waals surface area (Å²) in [6.45, 7) is 0. The first-order chi connectivity index (χ1) is 29.2. The Labute approximate surface area is 342 Å². The van der Waals surface area contributed by atoms with Crippen molar-refractivity contribution in [3.63, 3.8) is 0 Å². The maximum Gasteiger partial charge on any atom is 0.137 e. The number of para-hydroxylation sites is 2. The number of anilines is 3. The van der Waals surface area contributed by atoms with Crippen molar-refractivity contribution in [2.45, 2.75) is 18.5 Å². The molecule has 4 nitrogen and oxygen atoms in total. The van der Waals surface area contributed by atoms with Gasteiger partial charge in [0, 0.05) is 45.2 Å². The van der Waals surface area contributed by atoms with Crippen molar-refractivity contribution >= 4 is 56.0 Å². The smallest absolute Gasteiger partial charge is 0.137 e. The Morgan fingerprint density at radius 1 is 0.525 bits per heavy atom. The van der Waals surface area contributed by atoms with Crippen LogP contribution in [-0.2, 0) is 6.42 Å². The fourth-order valence-electron chi connectivity index (χ4n) is 9.59. The molecule has 8 aromatic carbocycles. The van der Waals surface area contributed by atoms with E-state index in [0.717, 1.165) is 56.5 Å². The molecule has 2 atom stereocenters. The lowest BCUT2D eigenvalue weighted by molar-refractivity contribution is 0.668. The first-order valence-electron chi connectivity index (χ1n) is 20.5. The average molecular weight is 758 g/mol. The molecular formula is C55H39N3O. The largest absolute Gasteiger partial charge is 0.456 e. The first kappa shape index (κ1) is 33.6. The van der Waals surface area contributed by atoms with Crippen molar-refractivity contribution in [2.75, 3.05) is 10.2 Å². The van der Waals surface area contributed by atoms with Crippen LogP contribution < -0.4 is 10.2 Å². The van der Waals surface area contributed by atoms with E-state index < -0.39 is 0 Å². The van der Waals surface area contributed by atoms with Gasteiger partial charge in [-0.15, -0.1) is 0 Å². The molecule has 0 saturated carbocycles. The fraction of sp³-hybridized carbons (Fsp3) is 0.0545. The molecule has 59 heavy (non-hydrogen) atoms. The van der Waals surface area contributed by atoms with Gasteiger partial charge in [-0.05, 0) is 106 Å². The number of aromatic nitrogens is 1. The second kappa shape index (κ2) is 13.5. The number of hydrogen-bond acceptors (Lipinski definition) is 3. The van der Waals surface area contributed by atoms with E-state index in [2.05, 4.69) is 221 Å². The third kappa shape index (κ3) is 5.52. The lowest BCUT2D eigenvalue weighted by atomic mass is 9.86. The van der Waals surface area contributed by atoms with Gasteiger partial charge in [-0.1, -0.05) is 140 Å². The molecule has 4 heteroatoms. The van der Waals surface area contributed by atoms with E-state index in [1.165, 1.54) is 50.1 Å². The maximum absolute atomic E-state index is 6.72. The summed E-state index contributed by atoms with van der Waals surface area (Å²) in [4.78, 5) is 2.40. The van der Waals surface area contributed by atoms with Gasteiger partial charge in [-0.3, -0.25) is 0 Å². The van der Waals surface area contributed by atoms with E-state index >= 15 is 0 Å². The Bertz CT molecular complexity index is 3220. The number of benzene rings is 8. The maximum atomic E-state index is 6.72. The van der Waals surface area contributed by atoms with Gasteiger partial charge in [-0.2, -0.15) is 0 Å². The number of furan rings is 1. The lowest BCUT2D eigenvalue weighted by Crippen LogP contribution is -2.23. The topological polar surface area (TPSA) is 33.3 Å². The Balaban J connectivity index is 0.946. The second-order valence-electron chi connectivity index (χ2n) is 15.7. The van der Waals surface area contributed by atoms with E-state index in [9.17, 15) is 0 Å². The molecule has 280 valence electrons. The van der Waals surface area contributed by atoms with Gasteiger partial charge in [0.25, 0.3) is 0 Å². The van der Waals surface area contributed by atoms with Gasteiger partial charge in [0.2, 0.25) is 0 Å². The van der Waals surface area contributed by atoms with E-state index in [1.54, 1.807) is 0 Å². The predicted octanol–water partition coefficient (Wildman–Crippen LogP) is 14.5. The van der Waals surface area contributed by atoms with Gasteiger partial charge in [-0.25, -0.2) is 0 Å². The molecule has 2 aliphatic rings. The molecule has 3 heterocycles. The van der Waals surface area contributed by atoms with Crippen LogP contribution >= 0.6 is 0 Å². The van der Waals surface area contributed by atoms with Crippen molar-refractivity contribution in [1.82, 2.24) is 4.57 Å². The molecule has 10 aromatic rings. The number of nitrogens with zero attached hydrogens (tertiary/aromatic N) is 2. The van der Waals surface area contributed by atoms with E-state index in [4.69, 9.17) is 4.42 Å². The molecule has 1 N–H and O–H groups in total. The highest BCUT2D eigenvalue weighted by molar-refractivity contribution is 6.13. The molecule has 1 aliphatic heterocycles. The van der Waals surface area contributed by atoms with Crippen molar-refractivity contribution in [2.24, 2.45) is 0 Å². The van der Waals surface area contributed by atoms with Crippen LogP contribution in [0.15, 0.2) is 205 Å². The zero-order chi connectivity index (χ0) is 38.9. The van der Waals surface area contributed by atoms with Gasteiger partial charge < -0.3 is 19.2 Å². The zero-order valence-corrected chi connectivity index (χ0v) is 32.3. The van der Waals surface area contributed by atoms with E-state index in [0.29, 0.717) is 5.92 Å². The quantitative estimate of drug-likeness (QED) is 0.183. The van der Waals surface area contributed by atoms with Crippen LogP contribution in [0.5, 0.6) is 0 Å². The molecule has 12 rings (SSSR count). The minimum absolute atomic E-state index is 0.00427. The van der Waals surface area contributed by atoms with E-state index in [-0.39, 0.29) is 6.17 Å². The fourth-order valence-corrected chi connectivity index (χ4v) is 9.59. The average Bonchev–Trinajstić information content (AvgIpc) is 3.99. The number of rotatable bonds is 6. The minimum Gasteiger partial charge on any atom is -0.456 e. The monoisotopic (exact) mass is 757 g/mol. The molecule has 0 fully saturated rings. The number of hydrogen-bond donors (Lipinski definition) is 1. The normalized spacial score (nSPS) is 15.8. The summed E-state index contributed by atoms with van der Waals surface area (Å²) >= 11 is 0. The highest BCUT2D eigenvalue weighted by atomic mass is 16.3. The summed E-state index contributed by atoms with van der Waals surface area (Å²) in [5, 5.41) is 7.30. The van der Waals surface area contributed by atoms with Crippen molar-refractivity contribution in [1.29, 1.82) is 0 Å². The third-order valence-electron chi connectivity index (χ3n) is 12.4. The van der Waals surface area contributed by atoms with E-state index in [1.807, 2.05) is 0 Å². The second-order valence-corrected chi connectivity index (χ2v) is 15.7. The lowest BCUT2D eigenvalue weighted by Gasteiger charge is -2.27. The van der Waals surface area contributed by atoms with Crippen LogP contribution in [-0.4, -0.2) is 4.57 Å².